The number of fused-ring (bicyclic) bond motifs is 2. The Morgan fingerprint density at radius 1 is 1.00 bits per heavy atom. The quantitative estimate of drug-likeness (QED) is 0.500. The Labute approximate surface area is 192 Å². The number of nitrogens with zero attached hydrogens (tertiary/aromatic N) is 4. The normalized spacial score (nSPS) is 13.0. The van der Waals surface area contributed by atoms with Gasteiger partial charge in [0.05, 0.1) is 16.6 Å². The molecule has 2 aromatic carbocycles. The average Bonchev–Trinajstić information content (AvgIpc) is 3.21. The van der Waals surface area contributed by atoms with E-state index in [0.29, 0.717) is 18.5 Å². The van der Waals surface area contributed by atoms with E-state index in [4.69, 9.17) is 4.98 Å². The molecule has 2 aromatic heterocycles. The number of nitrogens with one attached hydrogen (secondary N) is 1. The van der Waals surface area contributed by atoms with Gasteiger partial charge in [-0.3, -0.25) is 14.6 Å². The van der Waals surface area contributed by atoms with Crippen LogP contribution in [-0.2, 0) is 24.2 Å². The lowest BCUT2D eigenvalue weighted by atomic mass is 10.0. The Morgan fingerprint density at radius 2 is 1.85 bits per heavy atom. The summed E-state index contributed by atoms with van der Waals surface area (Å²) >= 11 is 0. The number of anilines is 1. The Balaban J connectivity index is 1.35. The molecule has 5 rings (SSSR count). The van der Waals surface area contributed by atoms with Crippen molar-refractivity contribution in [1.29, 1.82) is 0 Å². The number of hydrogen-bond acceptors (Lipinski definition) is 4. The van der Waals surface area contributed by atoms with Gasteiger partial charge < -0.3 is 14.8 Å². The molecule has 0 radical (unpaired) electrons. The highest BCUT2D eigenvalue weighted by molar-refractivity contribution is 5.95. The van der Waals surface area contributed by atoms with Crippen molar-refractivity contribution in [2.24, 2.45) is 0 Å². The maximum Gasteiger partial charge on any atom is 0.252 e. The third kappa shape index (κ3) is 4.35. The standard InChI is InChI=1S/C26H25N5O2/c32-25(30-16-6-9-19-7-1-3-11-22(19)30)18-31-23-12-4-2-10-21(23)29-24(31)13-15-28-26(33)20-8-5-14-27-17-20/h1-5,7-8,10-12,14,17H,6,9,13,15-16,18H2,(H,28,33). The molecule has 1 N–H and O–H groups in total. The van der Waals surface area contributed by atoms with Crippen molar-refractivity contribution < 1.29 is 9.59 Å². The summed E-state index contributed by atoms with van der Waals surface area (Å²) in [5.74, 6) is 0.652. The van der Waals surface area contributed by atoms with Crippen LogP contribution in [0.5, 0.6) is 0 Å². The second kappa shape index (κ2) is 9.24. The Hall–Kier alpha value is -4.00. The molecule has 0 saturated heterocycles. The molecule has 33 heavy (non-hydrogen) atoms. The summed E-state index contributed by atoms with van der Waals surface area (Å²) in [6, 6.07) is 19.4. The number of rotatable bonds is 6. The fourth-order valence-corrected chi connectivity index (χ4v) is 4.39. The van der Waals surface area contributed by atoms with Crippen LogP contribution in [0.25, 0.3) is 11.0 Å². The van der Waals surface area contributed by atoms with Crippen molar-refractivity contribution >= 4 is 28.5 Å². The monoisotopic (exact) mass is 439 g/mol. The minimum Gasteiger partial charge on any atom is -0.352 e. The highest BCUT2D eigenvalue weighted by Gasteiger charge is 2.24. The van der Waals surface area contributed by atoms with Gasteiger partial charge in [0.2, 0.25) is 5.91 Å². The van der Waals surface area contributed by atoms with E-state index >= 15 is 0 Å². The van der Waals surface area contributed by atoms with Gasteiger partial charge in [-0.15, -0.1) is 0 Å². The maximum absolute atomic E-state index is 13.4. The van der Waals surface area contributed by atoms with Gasteiger partial charge in [0.15, 0.2) is 0 Å². The summed E-state index contributed by atoms with van der Waals surface area (Å²) in [7, 11) is 0. The number of para-hydroxylation sites is 3. The van der Waals surface area contributed by atoms with E-state index in [1.54, 1.807) is 24.5 Å². The number of carbonyl (C=O) groups excluding carboxylic acids is 2. The first kappa shape index (κ1) is 20.9. The molecule has 0 unspecified atom stereocenters. The van der Waals surface area contributed by atoms with Gasteiger partial charge in [-0.05, 0) is 48.7 Å². The second-order valence-electron chi connectivity index (χ2n) is 8.13. The summed E-state index contributed by atoms with van der Waals surface area (Å²) in [4.78, 5) is 36.4. The van der Waals surface area contributed by atoms with E-state index in [1.165, 1.54) is 5.56 Å². The van der Waals surface area contributed by atoms with E-state index in [-0.39, 0.29) is 18.4 Å². The van der Waals surface area contributed by atoms with Gasteiger partial charge in [0.1, 0.15) is 12.4 Å². The number of aromatic nitrogens is 3. The first-order valence-corrected chi connectivity index (χ1v) is 11.2. The van der Waals surface area contributed by atoms with Crippen LogP contribution in [-0.4, -0.2) is 39.4 Å². The first-order valence-electron chi connectivity index (χ1n) is 11.2. The molecule has 7 nitrogen and oxygen atoms in total. The van der Waals surface area contributed by atoms with Gasteiger partial charge in [-0.1, -0.05) is 30.3 Å². The summed E-state index contributed by atoms with van der Waals surface area (Å²) in [6.45, 7) is 1.34. The summed E-state index contributed by atoms with van der Waals surface area (Å²) < 4.78 is 1.98. The Bertz CT molecular complexity index is 1300. The van der Waals surface area contributed by atoms with Crippen molar-refractivity contribution in [1.82, 2.24) is 19.9 Å². The van der Waals surface area contributed by atoms with E-state index in [0.717, 1.165) is 41.9 Å². The second-order valence-corrected chi connectivity index (χ2v) is 8.13. The highest BCUT2D eigenvalue weighted by atomic mass is 16.2. The van der Waals surface area contributed by atoms with Crippen LogP contribution >= 0.6 is 0 Å². The zero-order chi connectivity index (χ0) is 22.6. The third-order valence-corrected chi connectivity index (χ3v) is 6.00. The van der Waals surface area contributed by atoms with Crippen LogP contribution in [0.1, 0.15) is 28.2 Å². The molecule has 0 bridgehead atoms. The molecule has 3 heterocycles. The number of amides is 2. The molecule has 1 aliphatic rings. The molecule has 7 heteroatoms. The van der Waals surface area contributed by atoms with Crippen molar-refractivity contribution in [3.8, 4) is 0 Å². The smallest absolute Gasteiger partial charge is 0.252 e. The number of imidazole rings is 1. The fourth-order valence-electron chi connectivity index (χ4n) is 4.39. The van der Waals surface area contributed by atoms with E-state index in [9.17, 15) is 9.59 Å². The van der Waals surface area contributed by atoms with Gasteiger partial charge in [0.25, 0.3) is 5.91 Å². The van der Waals surface area contributed by atoms with Gasteiger partial charge in [-0.2, -0.15) is 0 Å². The Morgan fingerprint density at radius 3 is 2.73 bits per heavy atom. The van der Waals surface area contributed by atoms with E-state index in [2.05, 4.69) is 16.4 Å². The SMILES string of the molecule is O=C(NCCc1nc2ccccc2n1CC(=O)N1CCCc2ccccc21)c1cccnc1. The summed E-state index contributed by atoms with van der Waals surface area (Å²) in [5, 5.41) is 2.92. The van der Waals surface area contributed by atoms with Crippen LogP contribution in [0.15, 0.2) is 73.1 Å². The Kier molecular flexibility index (Phi) is 5.85. The molecule has 0 saturated carbocycles. The predicted molar refractivity (Wildman–Crippen MR) is 127 cm³/mol. The zero-order valence-electron chi connectivity index (χ0n) is 18.3. The minimum absolute atomic E-state index is 0.0472. The van der Waals surface area contributed by atoms with Gasteiger partial charge in [0, 0.05) is 37.6 Å². The molecule has 2 amide bonds. The van der Waals surface area contributed by atoms with Crippen molar-refractivity contribution in [3.63, 3.8) is 0 Å². The van der Waals surface area contributed by atoms with Crippen LogP contribution in [0, 0.1) is 0 Å². The molecule has 166 valence electrons. The van der Waals surface area contributed by atoms with Crippen LogP contribution < -0.4 is 10.2 Å². The number of aryl methyl sites for hydroxylation is 1. The molecule has 0 atom stereocenters. The lowest BCUT2D eigenvalue weighted by Gasteiger charge is -2.29. The number of pyridine rings is 1. The molecular formula is C26H25N5O2. The number of carbonyl (C=O) groups is 2. The topological polar surface area (TPSA) is 80.1 Å². The van der Waals surface area contributed by atoms with Crippen LogP contribution in [0.2, 0.25) is 0 Å². The largest absolute Gasteiger partial charge is 0.352 e. The molecule has 1 aliphatic heterocycles. The van der Waals surface area contributed by atoms with E-state index in [1.807, 2.05) is 51.9 Å². The lowest BCUT2D eigenvalue weighted by Crippen LogP contribution is -2.38. The van der Waals surface area contributed by atoms with Gasteiger partial charge in [-0.25, -0.2) is 4.98 Å². The highest BCUT2D eigenvalue weighted by Crippen LogP contribution is 2.27. The molecule has 4 aromatic rings. The van der Waals surface area contributed by atoms with E-state index < -0.39 is 0 Å². The molecule has 0 fully saturated rings. The third-order valence-electron chi connectivity index (χ3n) is 6.00. The maximum atomic E-state index is 13.4. The molecular weight excluding hydrogens is 414 g/mol. The summed E-state index contributed by atoms with van der Waals surface area (Å²) in [6.07, 6.45) is 5.65. The van der Waals surface area contributed by atoms with Crippen molar-refractivity contribution in [2.75, 3.05) is 18.0 Å². The number of hydrogen-bond donors (Lipinski definition) is 1. The molecule has 0 aliphatic carbocycles. The zero-order valence-corrected chi connectivity index (χ0v) is 18.3. The minimum atomic E-state index is -0.174. The summed E-state index contributed by atoms with van der Waals surface area (Å²) in [5.41, 5.74) is 4.50. The van der Waals surface area contributed by atoms with Crippen LogP contribution in [0.3, 0.4) is 0 Å². The predicted octanol–water partition coefficient (Wildman–Crippen LogP) is 3.38. The number of benzene rings is 2. The first-order chi connectivity index (χ1) is 16.2. The molecule has 0 spiro atoms. The van der Waals surface area contributed by atoms with Crippen molar-refractivity contribution in [3.05, 3.63) is 90.0 Å². The van der Waals surface area contributed by atoms with Crippen LogP contribution in [0.4, 0.5) is 5.69 Å². The fraction of sp³-hybridized carbons (Fsp3) is 0.231. The average molecular weight is 440 g/mol. The van der Waals surface area contributed by atoms with Gasteiger partial charge >= 0.3 is 0 Å². The van der Waals surface area contributed by atoms with Crippen molar-refractivity contribution in [2.45, 2.75) is 25.8 Å². The lowest BCUT2D eigenvalue weighted by molar-refractivity contribution is -0.119.